The van der Waals surface area contributed by atoms with Crippen molar-refractivity contribution in [3.05, 3.63) is 81.7 Å². The Morgan fingerprint density at radius 1 is 1.11 bits per heavy atom. The summed E-state index contributed by atoms with van der Waals surface area (Å²) in [6.45, 7) is 1.75. The number of carbonyl (C=O) groups is 1. The normalized spacial score (nSPS) is 11.9. The van der Waals surface area contributed by atoms with Gasteiger partial charge in [-0.3, -0.25) is 0 Å². The van der Waals surface area contributed by atoms with Gasteiger partial charge in [-0.05, 0) is 48.4 Å². The first-order valence-corrected chi connectivity index (χ1v) is 7.84. The van der Waals surface area contributed by atoms with Crippen LogP contribution in [0, 0.1) is 6.92 Å². The smallest absolute Gasteiger partial charge is 0.416 e. The molecule has 0 bridgehead atoms. The third-order valence-corrected chi connectivity index (χ3v) is 3.77. The van der Waals surface area contributed by atoms with Crippen LogP contribution in [0.1, 0.15) is 16.7 Å². The quantitative estimate of drug-likeness (QED) is 0.288. The minimum atomic E-state index is -4.46. The van der Waals surface area contributed by atoms with Gasteiger partial charge in [0.15, 0.2) is 0 Å². The van der Waals surface area contributed by atoms with Crippen LogP contribution in [0.4, 0.5) is 13.2 Å². The molecule has 0 fully saturated rings. The van der Waals surface area contributed by atoms with Crippen LogP contribution in [0.25, 0.3) is 17.0 Å². The van der Waals surface area contributed by atoms with E-state index in [-0.39, 0.29) is 16.9 Å². The Morgan fingerprint density at radius 3 is 2.63 bits per heavy atom. The summed E-state index contributed by atoms with van der Waals surface area (Å²) in [5.74, 6) is -0.628. The number of halogens is 3. The fraction of sp³-hybridized carbons (Fsp3) is 0.100. The van der Waals surface area contributed by atoms with Crippen LogP contribution in [-0.2, 0) is 11.0 Å². The number of alkyl halides is 3. The van der Waals surface area contributed by atoms with Crippen molar-refractivity contribution in [1.82, 2.24) is 0 Å². The molecular weight excluding hydrogens is 361 g/mol. The lowest BCUT2D eigenvalue weighted by Crippen LogP contribution is -2.05. The van der Waals surface area contributed by atoms with Crippen molar-refractivity contribution < 1.29 is 27.1 Å². The summed E-state index contributed by atoms with van der Waals surface area (Å²) in [5, 5.41) is 0.703. The van der Waals surface area contributed by atoms with Crippen molar-refractivity contribution in [2.75, 3.05) is 0 Å². The molecule has 0 saturated heterocycles. The van der Waals surface area contributed by atoms with Crippen LogP contribution in [-0.4, -0.2) is 5.97 Å². The maximum Gasteiger partial charge on any atom is 0.416 e. The summed E-state index contributed by atoms with van der Waals surface area (Å²) in [5.41, 5.74) is -0.122. The van der Waals surface area contributed by atoms with E-state index in [0.717, 1.165) is 23.8 Å². The lowest BCUT2D eigenvalue weighted by atomic mass is 10.1. The number of hydrogen-bond acceptors (Lipinski definition) is 4. The van der Waals surface area contributed by atoms with E-state index in [1.54, 1.807) is 13.0 Å². The molecule has 0 spiro atoms. The minimum absolute atomic E-state index is 0.148. The van der Waals surface area contributed by atoms with Gasteiger partial charge >= 0.3 is 17.8 Å². The average molecular weight is 374 g/mol. The molecule has 0 aliphatic carbocycles. The molecule has 0 amide bonds. The van der Waals surface area contributed by atoms with E-state index in [1.807, 2.05) is 0 Å². The molecule has 0 N–H and O–H groups in total. The molecule has 0 radical (unpaired) electrons. The first kappa shape index (κ1) is 18.4. The summed E-state index contributed by atoms with van der Waals surface area (Å²) in [4.78, 5) is 23.3. The highest BCUT2D eigenvalue weighted by Crippen LogP contribution is 2.29. The fourth-order valence-electron chi connectivity index (χ4n) is 2.50. The van der Waals surface area contributed by atoms with Crippen LogP contribution < -0.4 is 10.4 Å². The molecule has 0 unspecified atom stereocenters. The molecule has 2 aromatic carbocycles. The van der Waals surface area contributed by atoms with Gasteiger partial charge in [-0.1, -0.05) is 12.1 Å². The maximum atomic E-state index is 12.7. The second kappa shape index (κ2) is 7.11. The fourth-order valence-corrected chi connectivity index (χ4v) is 2.50. The van der Waals surface area contributed by atoms with Crippen molar-refractivity contribution in [3.8, 4) is 5.75 Å². The van der Waals surface area contributed by atoms with Gasteiger partial charge in [0.2, 0.25) is 0 Å². The summed E-state index contributed by atoms with van der Waals surface area (Å²) in [6.07, 6.45) is -2.22. The summed E-state index contributed by atoms with van der Waals surface area (Å²) < 4.78 is 48.3. The Hall–Kier alpha value is -3.35. The molecular formula is C20H13F3O4. The number of carbonyl (C=O) groups excluding carboxylic acids is 1. The molecule has 0 aliphatic rings. The second-order valence-electron chi connectivity index (χ2n) is 5.78. The highest BCUT2D eigenvalue weighted by atomic mass is 19.4. The van der Waals surface area contributed by atoms with Gasteiger partial charge in [0, 0.05) is 23.6 Å². The number of rotatable bonds is 3. The van der Waals surface area contributed by atoms with Crippen LogP contribution in [0.2, 0.25) is 0 Å². The van der Waals surface area contributed by atoms with E-state index >= 15 is 0 Å². The van der Waals surface area contributed by atoms with Crippen molar-refractivity contribution in [2.45, 2.75) is 13.1 Å². The van der Waals surface area contributed by atoms with Crippen molar-refractivity contribution in [1.29, 1.82) is 0 Å². The SMILES string of the molecule is Cc1cc(=O)oc2cc(OC(=O)/C=C/c3cccc(C(F)(F)F)c3)ccc12. The first-order valence-electron chi connectivity index (χ1n) is 7.84. The van der Waals surface area contributed by atoms with E-state index in [4.69, 9.17) is 9.15 Å². The van der Waals surface area contributed by atoms with Gasteiger partial charge in [0.05, 0.1) is 5.56 Å². The zero-order valence-corrected chi connectivity index (χ0v) is 14.0. The monoisotopic (exact) mass is 374 g/mol. The van der Waals surface area contributed by atoms with Gasteiger partial charge < -0.3 is 9.15 Å². The Morgan fingerprint density at radius 2 is 1.89 bits per heavy atom. The third kappa shape index (κ3) is 4.44. The summed E-state index contributed by atoms with van der Waals surface area (Å²) in [6, 6.07) is 10.5. The third-order valence-electron chi connectivity index (χ3n) is 3.77. The molecule has 3 rings (SSSR count). The number of benzene rings is 2. The van der Waals surface area contributed by atoms with E-state index in [9.17, 15) is 22.8 Å². The Kier molecular flexibility index (Phi) is 4.85. The Bertz CT molecular complexity index is 1090. The van der Waals surface area contributed by atoms with E-state index in [2.05, 4.69) is 0 Å². The zero-order valence-electron chi connectivity index (χ0n) is 14.0. The molecule has 0 aliphatic heterocycles. The number of hydrogen-bond donors (Lipinski definition) is 0. The van der Waals surface area contributed by atoms with Crippen LogP contribution in [0.5, 0.6) is 5.75 Å². The first-order chi connectivity index (χ1) is 12.7. The van der Waals surface area contributed by atoms with E-state index in [1.165, 1.54) is 36.4 Å². The predicted molar refractivity (Wildman–Crippen MR) is 93.3 cm³/mol. The molecule has 1 heterocycles. The van der Waals surface area contributed by atoms with Gasteiger partial charge in [-0.25, -0.2) is 9.59 Å². The molecule has 0 saturated carbocycles. The summed E-state index contributed by atoms with van der Waals surface area (Å²) in [7, 11) is 0. The topological polar surface area (TPSA) is 56.5 Å². The number of ether oxygens (including phenoxy) is 1. The molecule has 7 heteroatoms. The number of esters is 1. The highest BCUT2D eigenvalue weighted by Gasteiger charge is 2.30. The van der Waals surface area contributed by atoms with Crippen LogP contribution >= 0.6 is 0 Å². The largest absolute Gasteiger partial charge is 0.423 e. The predicted octanol–water partition coefficient (Wildman–Crippen LogP) is 4.74. The van der Waals surface area contributed by atoms with Gasteiger partial charge in [-0.2, -0.15) is 13.2 Å². The Balaban J connectivity index is 1.77. The zero-order chi connectivity index (χ0) is 19.6. The van der Waals surface area contributed by atoms with Gasteiger partial charge in [0.1, 0.15) is 11.3 Å². The highest BCUT2D eigenvalue weighted by molar-refractivity contribution is 5.89. The maximum absolute atomic E-state index is 12.7. The molecule has 27 heavy (non-hydrogen) atoms. The van der Waals surface area contributed by atoms with Crippen molar-refractivity contribution in [3.63, 3.8) is 0 Å². The molecule has 1 aromatic heterocycles. The van der Waals surface area contributed by atoms with E-state index < -0.39 is 23.3 Å². The average Bonchev–Trinajstić information content (AvgIpc) is 2.59. The molecule has 3 aromatic rings. The van der Waals surface area contributed by atoms with Crippen molar-refractivity contribution in [2.24, 2.45) is 0 Å². The lowest BCUT2D eigenvalue weighted by Gasteiger charge is -2.06. The molecule has 4 nitrogen and oxygen atoms in total. The number of aryl methyl sites for hydroxylation is 1. The summed E-state index contributed by atoms with van der Waals surface area (Å²) >= 11 is 0. The van der Waals surface area contributed by atoms with Gasteiger partial charge in [0.25, 0.3) is 0 Å². The minimum Gasteiger partial charge on any atom is -0.423 e. The standard InChI is InChI=1S/C20H13F3O4/c1-12-9-19(25)27-17-11-15(6-7-16(12)17)26-18(24)8-5-13-3-2-4-14(10-13)20(21,22)23/h2-11H,1H3/b8-5+. The van der Waals surface area contributed by atoms with E-state index in [0.29, 0.717) is 5.39 Å². The lowest BCUT2D eigenvalue weighted by molar-refractivity contribution is -0.137. The van der Waals surface area contributed by atoms with Crippen molar-refractivity contribution >= 4 is 23.0 Å². The molecule has 0 atom stereocenters. The van der Waals surface area contributed by atoms with Crippen LogP contribution in [0.3, 0.4) is 0 Å². The number of fused-ring (bicyclic) bond motifs is 1. The second-order valence-corrected chi connectivity index (χ2v) is 5.78. The van der Waals surface area contributed by atoms with Gasteiger partial charge in [-0.15, -0.1) is 0 Å². The Labute approximate surface area is 151 Å². The molecule has 138 valence electrons. The van der Waals surface area contributed by atoms with Crippen LogP contribution in [0.15, 0.2) is 63.8 Å².